The zero-order valence-corrected chi connectivity index (χ0v) is 19.8. The van der Waals surface area contributed by atoms with Crippen LogP contribution in [0.1, 0.15) is 62.9 Å². The van der Waals surface area contributed by atoms with E-state index < -0.39 is 36.3 Å². The molecule has 0 radical (unpaired) electrons. The molecule has 1 heterocycles. The number of benzene rings is 1. The molecule has 8 nitrogen and oxygen atoms in total. The van der Waals surface area contributed by atoms with Crippen molar-refractivity contribution in [2.24, 2.45) is 17.3 Å². The SMILES string of the molecule is CCC(=O)C(=O)N[C@@H](Cc1cccc(C(=O)O)c1OC)B1OC2CC3CC(C3(C)C)C2(C)O1. The van der Waals surface area contributed by atoms with E-state index in [9.17, 15) is 19.5 Å². The zero-order valence-electron chi connectivity index (χ0n) is 19.8. The molecule has 3 aliphatic carbocycles. The fourth-order valence-electron chi connectivity index (χ4n) is 6.09. The van der Waals surface area contributed by atoms with Crippen molar-refractivity contribution >= 4 is 24.8 Å². The van der Waals surface area contributed by atoms with Crippen LogP contribution in [0, 0.1) is 17.3 Å². The highest BCUT2D eigenvalue weighted by Crippen LogP contribution is 2.65. The van der Waals surface area contributed by atoms with Crippen molar-refractivity contribution in [3.05, 3.63) is 29.3 Å². The minimum absolute atomic E-state index is 0.0289. The first kappa shape index (κ1) is 23.8. The summed E-state index contributed by atoms with van der Waals surface area (Å²) in [5.41, 5.74) is 0.303. The Hall–Kier alpha value is -2.39. The number of aromatic carboxylic acids is 1. The number of hydrogen-bond donors (Lipinski definition) is 2. The number of Topliss-reactive ketones (excluding diaryl/α,β-unsaturated/α-hetero) is 1. The van der Waals surface area contributed by atoms with Crippen molar-refractivity contribution in [1.82, 2.24) is 5.32 Å². The smallest absolute Gasteiger partial charge is 0.482 e. The third-order valence-electron chi connectivity index (χ3n) is 8.16. The number of methoxy groups -OCH3 is 1. The minimum atomic E-state index is -1.11. The van der Waals surface area contributed by atoms with E-state index in [0.717, 1.165) is 12.8 Å². The maximum Gasteiger partial charge on any atom is 0.482 e. The Morgan fingerprint density at radius 3 is 2.61 bits per heavy atom. The Labute approximate surface area is 194 Å². The van der Waals surface area contributed by atoms with Crippen molar-refractivity contribution in [3.63, 3.8) is 0 Å². The predicted molar refractivity (Wildman–Crippen MR) is 121 cm³/mol. The van der Waals surface area contributed by atoms with E-state index in [1.165, 1.54) is 13.2 Å². The molecular weight excluding hydrogens is 425 g/mol. The third kappa shape index (κ3) is 3.85. The number of amides is 1. The second-order valence-electron chi connectivity index (χ2n) is 10.2. The molecule has 178 valence electrons. The lowest BCUT2D eigenvalue weighted by Gasteiger charge is -2.64. The van der Waals surface area contributed by atoms with Crippen LogP contribution in [0.2, 0.25) is 0 Å². The van der Waals surface area contributed by atoms with Crippen molar-refractivity contribution in [3.8, 4) is 5.75 Å². The van der Waals surface area contributed by atoms with Crippen LogP contribution in [0.4, 0.5) is 0 Å². The first-order chi connectivity index (χ1) is 15.5. The number of ether oxygens (including phenoxy) is 1. The molecule has 2 bridgehead atoms. The van der Waals surface area contributed by atoms with Crippen LogP contribution in [0.25, 0.3) is 0 Å². The molecule has 0 aromatic heterocycles. The van der Waals surface area contributed by atoms with Gasteiger partial charge in [-0.2, -0.15) is 0 Å². The molecule has 4 fully saturated rings. The van der Waals surface area contributed by atoms with Crippen LogP contribution < -0.4 is 10.1 Å². The van der Waals surface area contributed by atoms with Gasteiger partial charge in [-0.3, -0.25) is 9.59 Å². The molecule has 1 saturated heterocycles. The van der Waals surface area contributed by atoms with Gasteiger partial charge in [0.05, 0.1) is 24.8 Å². The fourth-order valence-corrected chi connectivity index (χ4v) is 6.09. The number of carbonyl (C=O) groups excluding carboxylic acids is 2. The summed E-state index contributed by atoms with van der Waals surface area (Å²) in [6.45, 7) is 8.25. The van der Waals surface area contributed by atoms with Crippen LogP contribution >= 0.6 is 0 Å². The van der Waals surface area contributed by atoms with Crippen LogP contribution in [-0.4, -0.2) is 54.6 Å². The van der Waals surface area contributed by atoms with Crippen LogP contribution in [0.15, 0.2) is 18.2 Å². The zero-order chi connectivity index (χ0) is 24.1. The summed E-state index contributed by atoms with van der Waals surface area (Å²) in [4.78, 5) is 36.2. The molecule has 3 saturated carbocycles. The van der Waals surface area contributed by atoms with Crippen LogP contribution in [0.3, 0.4) is 0 Å². The van der Waals surface area contributed by atoms with Gasteiger partial charge in [0.2, 0.25) is 5.78 Å². The normalized spacial score (nSPS) is 30.1. The van der Waals surface area contributed by atoms with Gasteiger partial charge < -0.3 is 24.5 Å². The molecule has 2 N–H and O–H groups in total. The van der Waals surface area contributed by atoms with Gasteiger partial charge in [-0.25, -0.2) is 4.79 Å². The monoisotopic (exact) mass is 457 g/mol. The highest BCUT2D eigenvalue weighted by molar-refractivity contribution is 6.49. The summed E-state index contributed by atoms with van der Waals surface area (Å²) in [7, 11) is 0.648. The summed E-state index contributed by atoms with van der Waals surface area (Å²) in [5, 5.41) is 12.3. The van der Waals surface area contributed by atoms with Gasteiger partial charge in [0, 0.05) is 6.42 Å². The first-order valence-corrected chi connectivity index (χ1v) is 11.6. The van der Waals surface area contributed by atoms with E-state index in [1.807, 2.05) is 0 Å². The van der Waals surface area contributed by atoms with Crippen molar-refractivity contribution in [2.75, 3.05) is 7.11 Å². The third-order valence-corrected chi connectivity index (χ3v) is 8.16. The maximum absolute atomic E-state index is 12.5. The topological polar surface area (TPSA) is 111 Å². The molecule has 5 atom stereocenters. The Morgan fingerprint density at radius 2 is 2.00 bits per heavy atom. The summed E-state index contributed by atoms with van der Waals surface area (Å²) in [6.07, 6.45) is 2.17. The van der Waals surface area contributed by atoms with E-state index in [4.69, 9.17) is 14.0 Å². The summed E-state index contributed by atoms with van der Waals surface area (Å²) < 4.78 is 18.3. The lowest BCUT2D eigenvalue weighted by Crippen LogP contribution is -2.65. The van der Waals surface area contributed by atoms with Gasteiger partial charge in [0.15, 0.2) is 0 Å². The number of hydrogen-bond acceptors (Lipinski definition) is 6. The lowest BCUT2D eigenvalue weighted by atomic mass is 9.43. The lowest BCUT2D eigenvalue weighted by molar-refractivity contribution is -0.199. The van der Waals surface area contributed by atoms with E-state index in [0.29, 0.717) is 17.4 Å². The van der Waals surface area contributed by atoms with Crippen molar-refractivity contribution in [2.45, 2.75) is 71.0 Å². The quantitative estimate of drug-likeness (QED) is 0.456. The molecule has 5 rings (SSSR count). The number of carbonyl (C=O) groups is 3. The van der Waals surface area contributed by atoms with Gasteiger partial charge >= 0.3 is 13.1 Å². The standard InChI is InChI=1S/C24H32BNO7/c1-6-16(27)21(28)26-19(10-13-8-7-9-15(22(29)30)20(13)31-5)25-32-18-12-14-11-17(23(14,2)3)24(18,4)33-25/h7-9,14,17-19H,6,10-12H2,1-5H3,(H,26,28)(H,29,30)/t14?,17?,18?,19-,24?/m0/s1. The molecular formula is C24H32BNO7. The summed E-state index contributed by atoms with van der Waals surface area (Å²) >= 11 is 0. The second-order valence-corrected chi connectivity index (χ2v) is 10.2. The Kier molecular flexibility index (Phi) is 6.07. The van der Waals surface area contributed by atoms with E-state index in [1.54, 1.807) is 19.1 Å². The molecule has 33 heavy (non-hydrogen) atoms. The largest absolute Gasteiger partial charge is 0.496 e. The number of nitrogens with one attached hydrogen (secondary N) is 1. The van der Waals surface area contributed by atoms with Gasteiger partial charge in [-0.05, 0) is 55.1 Å². The number of ketones is 1. The van der Waals surface area contributed by atoms with Crippen molar-refractivity contribution < 1.29 is 33.5 Å². The highest BCUT2D eigenvalue weighted by atomic mass is 16.7. The fraction of sp³-hybridized carbons (Fsp3) is 0.625. The van der Waals surface area contributed by atoms with Crippen molar-refractivity contribution in [1.29, 1.82) is 0 Å². The number of rotatable bonds is 8. The summed E-state index contributed by atoms with van der Waals surface area (Å²) in [6, 6.07) is 4.84. The number of carboxylic acids is 1. The molecule has 1 amide bonds. The Balaban J connectivity index is 1.63. The van der Waals surface area contributed by atoms with E-state index in [-0.39, 0.29) is 35.7 Å². The van der Waals surface area contributed by atoms with Gasteiger partial charge in [0.25, 0.3) is 5.91 Å². The number of para-hydroxylation sites is 1. The molecule has 1 aromatic carbocycles. The molecule has 4 aliphatic rings. The molecule has 1 aliphatic heterocycles. The van der Waals surface area contributed by atoms with Gasteiger partial charge in [0.1, 0.15) is 11.3 Å². The highest BCUT2D eigenvalue weighted by Gasteiger charge is 2.68. The average Bonchev–Trinajstić information content (AvgIpc) is 3.14. The van der Waals surface area contributed by atoms with E-state index in [2.05, 4.69) is 26.1 Å². The second kappa shape index (κ2) is 8.44. The molecule has 9 heteroatoms. The first-order valence-electron chi connectivity index (χ1n) is 11.6. The van der Waals surface area contributed by atoms with Crippen LogP contribution in [-0.2, 0) is 25.3 Å². The number of carboxylic acid groups (broad SMARTS) is 1. The molecule has 0 spiro atoms. The molecule has 1 aromatic rings. The van der Waals surface area contributed by atoms with Crippen LogP contribution in [0.5, 0.6) is 5.75 Å². The maximum atomic E-state index is 12.5. The van der Waals surface area contributed by atoms with Gasteiger partial charge in [-0.1, -0.05) is 32.9 Å². The van der Waals surface area contributed by atoms with Gasteiger partial charge in [-0.15, -0.1) is 0 Å². The minimum Gasteiger partial charge on any atom is -0.496 e. The average molecular weight is 457 g/mol. The summed E-state index contributed by atoms with van der Waals surface area (Å²) in [5.74, 6) is -1.89. The molecule has 4 unspecified atom stereocenters. The Morgan fingerprint density at radius 1 is 1.27 bits per heavy atom. The predicted octanol–water partition coefficient (Wildman–Crippen LogP) is 2.67. The van der Waals surface area contributed by atoms with E-state index >= 15 is 0 Å². The Bertz CT molecular complexity index is 980.